The summed E-state index contributed by atoms with van der Waals surface area (Å²) >= 11 is 5.36. The van der Waals surface area contributed by atoms with Crippen LogP contribution in [0, 0.1) is 0 Å². The molecule has 0 saturated heterocycles. The molecule has 0 radical (unpaired) electrons. The van der Waals surface area contributed by atoms with Crippen molar-refractivity contribution in [3.8, 4) is 5.75 Å². The minimum absolute atomic E-state index is 0.0145. The summed E-state index contributed by atoms with van der Waals surface area (Å²) in [6.45, 7) is 0. The zero-order valence-corrected chi connectivity index (χ0v) is 10.5. The highest BCUT2D eigenvalue weighted by Gasteiger charge is 2.39. The van der Waals surface area contributed by atoms with E-state index in [0.29, 0.717) is 0 Å². The van der Waals surface area contributed by atoms with Crippen LogP contribution in [0.25, 0.3) is 0 Å². The van der Waals surface area contributed by atoms with Gasteiger partial charge >= 0.3 is 6.36 Å². The Labute approximate surface area is 112 Å². The lowest BCUT2D eigenvalue weighted by molar-refractivity contribution is -0.274. The predicted octanol–water partition coefficient (Wildman–Crippen LogP) is 2.80. The number of rotatable bonds is 4. The van der Waals surface area contributed by atoms with E-state index in [4.69, 9.17) is 11.6 Å². The first-order chi connectivity index (χ1) is 8.89. The molecule has 104 valence electrons. The Hall–Kier alpha value is -1.43. The summed E-state index contributed by atoms with van der Waals surface area (Å²) < 4.78 is 39.7. The molecule has 2 atom stereocenters. The molecule has 0 aliphatic heterocycles. The number of carbonyl (C=O) groups excluding carboxylic acids is 1. The average molecular weight is 294 g/mol. The van der Waals surface area contributed by atoms with Gasteiger partial charge in [-0.2, -0.15) is 0 Å². The largest absolute Gasteiger partial charge is 0.573 e. The van der Waals surface area contributed by atoms with Crippen molar-refractivity contribution < 1.29 is 22.7 Å². The number of alkyl halides is 4. The summed E-state index contributed by atoms with van der Waals surface area (Å²) in [6.07, 6.45) is -3.92. The lowest BCUT2D eigenvalue weighted by Crippen LogP contribution is -2.27. The number of hydrogen-bond donors (Lipinski definition) is 1. The molecule has 1 aliphatic rings. The molecular weight excluding hydrogens is 283 g/mol. The Morgan fingerprint density at radius 1 is 1.37 bits per heavy atom. The van der Waals surface area contributed by atoms with Crippen LogP contribution in [-0.2, 0) is 4.79 Å². The van der Waals surface area contributed by atoms with Crippen LogP contribution in [0.2, 0.25) is 0 Å². The van der Waals surface area contributed by atoms with Gasteiger partial charge < -0.3 is 10.1 Å². The van der Waals surface area contributed by atoms with Crippen molar-refractivity contribution in [2.75, 3.05) is 5.88 Å². The van der Waals surface area contributed by atoms with Crippen LogP contribution in [0.3, 0.4) is 0 Å². The normalized spacial score (nSPS) is 21.9. The molecule has 0 bridgehead atoms. The van der Waals surface area contributed by atoms with Gasteiger partial charge in [-0.1, -0.05) is 12.1 Å². The topological polar surface area (TPSA) is 38.3 Å². The molecule has 1 N–H and O–H groups in total. The molecule has 3 nitrogen and oxygen atoms in total. The number of benzene rings is 1. The van der Waals surface area contributed by atoms with Gasteiger partial charge in [0.1, 0.15) is 11.6 Å². The maximum Gasteiger partial charge on any atom is 0.573 e. The van der Waals surface area contributed by atoms with Crippen LogP contribution >= 0.6 is 11.6 Å². The Kier molecular flexibility index (Phi) is 3.89. The number of halogens is 4. The standard InChI is InChI=1S/C12H11ClF3NO2/c13-6-11(18)17-10-5-9(10)7-1-3-8(4-2-7)19-12(14,15)16/h1-4,9-10H,5-6H2,(H,17,18). The van der Waals surface area contributed by atoms with Gasteiger partial charge in [0.2, 0.25) is 5.91 Å². The van der Waals surface area contributed by atoms with Gasteiger partial charge in [-0.05, 0) is 24.1 Å². The molecule has 19 heavy (non-hydrogen) atoms. The fourth-order valence-electron chi connectivity index (χ4n) is 1.88. The lowest BCUT2D eigenvalue weighted by Gasteiger charge is -2.09. The highest BCUT2D eigenvalue weighted by Crippen LogP contribution is 2.41. The third-order valence-corrected chi connectivity index (χ3v) is 3.04. The maximum atomic E-state index is 12.0. The van der Waals surface area contributed by atoms with Crippen molar-refractivity contribution in [1.29, 1.82) is 0 Å². The molecule has 0 aromatic heterocycles. The number of amides is 1. The monoisotopic (exact) mass is 293 g/mol. The van der Waals surface area contributed by atoms with Gasteiger partial charge in [0.05, 0.1) is 0 Å². The van der Waals surface area contributed by atoms with E-state index in [-0.39, 0.29) is 29.5 Å². The second kappa shape index (κ2) is 5.28. The van der Waals surface area contributed by atoms with Crippen molar-refractivity contribution in [2.24, 2.45) is 0 Å². The number of nitrogens with one attached hydrogen (secondary N) is 1. The SMILES string of the molecule is O=C(CCl)NC1CC1c1ccc(OC(F)(F)F)cc1. The number of ether oxygens (including phenoxy) is 1. The van der Waals surface area contributed by atoms with E-state index in [1.807, 2.05) is 0 Å². The van der Waals surface area contributed by atoms with Crippen LogP contribution < -0.4 is 10.1 Å². The first-order valence-electron chi connectivity index (χ1n) is 5.60. The first-order valence-corrected chi connectivity index (χ1v) is 6.13. The summed E-state index contributed by atoms with van der Waals surface area (Å²) in [7, 11) is 0. The highest BCUT2D eigenvalue weighted by molar-refractivity contribution is 6.27. The van der Waals surface area contributed by atoms with Gasteiger partial charge in [-0.3, -0.25) is 4.79 Å². The van der Waals surface area contributed by atoms with Gasteiger partial charge in [0.15, 0.2) is 0 Å². The molecule has 1 aliphatic carbocycles. The van der Waals surface area contributed by atoms with E-state index in [9.17, 15) is 18.0 Å². The molecule has 0 spiro atoms. The van der Waals surface area contributed by atoms with E-state index in [2.05, 4.69) is 10.1 Å². The Morgan fingerprint density at radius 2 is 2.00 bits per heavy atom. The summed E-state index contributed by atoms with van der Waals surface area (Å²) in [5, 5.41) is 2.72. The predicted molar refractivity (Wildman–Crippen MR) is 63.1 cm³/mol. The molecular formula is C12H11ClF3NO2. The van der Waals surface area contributed by atoms with E-state index >= 15 is 0 Å². The van der Waals surface area contributed by atoms with Gasteiger partial charge in [0.25, 0.3) is 0 Å². The minimum atomic E-state index is -4.68. The van der Waals surface area contributed by atoms with Gasteiger partial charge in [0, 0.05) is 12.0 Å². The molecule has 1 aromatic rings. The maximum absolute atomic E-state index is 12.0. The zero-order chi connectivity index (χ0) is 14.0. The summed E-state index contributed by atoms with van der Waals surface area (Å²) in [4.78, 5) is 11.1. The van der Waals surface area contributed by atoms with Crippen molar-refractivity contribution in [3.63, 3.8) is 0 Å². The average Bonchev–Trinajstić information content (AvgIpc) is 3.07. The smallest absolute Gasteiger partial charge is 0.406 e. The quantitative estimate of drug-likeness (QED) is 0.867. The van der Waals surface area contributed by atoms with E-state index < -0.39 is 6.36 Å². The van der Waals surface area contributed by atoms with Crippen LogP contribution in [0.5, 0.6) is 5.75 Å². The van der Waals surface area contributed by atoms with Crippen LogP contribution in [0.4, 0.5) is 13.2 Å². The third kappa shape index (κ3) is 4.02. The van der Waals surface area contributed by atoms with Crippen molar-refractivity contribution >= 4 is 17.5 Å². The molecule has 2 unspecified atom stereocenters. The second-order valence-electron chi connectivity index (χ2n) is 4.27. The minimum Gasteiger partial charge on any atom is -0.406 e. The lowest BCUT2D eigenvalue weighted by atomic mass is 10.1. The van der Waals surface area contributed by atoms with E-state index in [1.54, 1.807) is 12.1 Å². The van der Waals surface area contributed by atoms with Crippen molar-refractivity contribution in [1.82, 2.24) is 5.32 Å². The molecule has 1 fully saturated rings. The Balaban J connectivity index is 1.92. The van der Waals surface area contributed by atoms with Crippen LogP contribution in [0.1, 0.15) is 17.9 Å². The van der Waals surface area contributed by atoms with E-state index in [1.165, 1.54) is 12.1 Å². The molecule has 2 rings (SSSR count). The fraction of sp³-hybridized carbons (Fsp3) is 0.417. The van der Waals surface area contributed by atoms with Crippen LogP contribution in [-0.4, -0.2) is 24.2 Å². The Bertz CT molecular complexity index is 461. The van der Waals surface area contributed by atoms with Gasteiger partial charge in [-0.15, -0.1) is 24.8 Å². The number of carbonyl (C=O) groups is 1. The molecule has 1 amide bonds. The first kappa shape index (κ1) is 14.0. The van der Waals surface area contributed by atoms with Gasteiger partial charge in [-0.25, -0.2) is 0 Å². The molecule has 0 heterocycles. The van der Waals surface area contributed by atoms with Crippen molar-refractivity contribution in [3.05, 3.63) is 29.8 Å². The molecule has 1 saturated carbocycles. The summed E-state index contributed by atoms with van der Waals surface area (Å²) in [5.74, 6) is -0.460. The molecule has 1 aromatic carbocycles. The van der Waals surface area contributed by atoms with Crippen molar-refractivity contribution in [2.45, 2.75) is 24.7 Å². The molecule has 7 heteroatoms. The second-order valence-corrected chi connectivity index (χ2v) is 4.53. The third-order valence-electron chi connectivity index (χ3n) is 2.80. The highest BCUT2D eigenvalue weighted by atomic mass is 35.5. The fourth-order valence-corrected chi connectivity index (χ4v) is 1.96. The zero-order valence-electron chi connectivity index (χ0n) is 9.71. The van der Waals surface area contributed by atoms with Crippen LogP contribution in [0.15, 0.2) is 24.3 Å². The summed E-state index contributed by atoms with van der Waals surface area (Å²) in [5.41, 5.74) is 0.870. The van der Waals surface area contributed by atoms with E-state index in [0.717, 1.165) is 12.0 Å². The Morgan fingerprint density at radius 3 is 2.53 bits per heavy atom. The summed E-state index contributed by atoms with van der Waals surface area (Å²) in [6, 6.07) is 5.68. The number of hydrogen-bond acceptors (Lipinski definition) is 2.